The number of rotatable bonds is 5. The minimum atomic E-state index is -0.492. The number of ether oxygens (including phenoxy) is 2. The van der Waals surface area contributed by atoms with E-state index in [0.29, 0.717) is 48.4 Å². The van der Waals surface area contributed by atoms with E-state index in [0.717, 1.165) is 6.42 Å². The summed E-state index contributed by atoms with van der Waals surface area (Å²) in [4.78, 5) is 25.7. The van der Waals surface area contributed by atoms with Crippen molar-refractivity contribution in [3.05, 3.63) is 28.8 Å². The molecule has 1 fully saturated rings. The molecule has 1 N–H and O–H groups in total. The van der Waals surface area contributed by atoms with Crippen molar-refractivity contribution in [2.75, 3.05) is 31.6 Å². The Morgan fingerprint density at radius 2 is 2.08 bits per heavy atom. The van der Waals surface area contributed by atoms with E-state index in [1.54, 1.807) is 30.0 Å². The highest BCUT2D eigenvalue weighted by atomic mass is 35.5. The molecule has 26 heavy (non-hydrogen) atoms. The molecular formula is C19H27ClN2O4. The number of anilines is 1. The van der Waals surface area contributed by atoms with Gasteiger partial charge in [-0.1, -0.05) is 11.6 Å². The van der Waals surface area contributed by atoms with E-state index in [1.165, 1.54) is 0 Å². The zero-order chi connectivity index (χ0) is 19.3. The normalized spacial score (nSPS) is 17.1. The van der Waals surface area contributed by atoms with Crippen LogP contribution < -0.4 is 5.32 Å². The van der Waals surface area contributed by atoms with E-state index in [2.05, 4.69) is 5.32 Å². The monoisotopic (exact) mass is 382 g/mol. The first-order valence-electron chi connectivity index (χ1n) is 8.88. The highest BCUT2D eigenvalue weighted by Gasteiger charge is 2.29. The molecule has 144 valence electrons. The Morgan fingerprint density at radius 3 is 2.73 bits per heavy atom. The lowest BCUT2D eigenvalue weighted by Crippen LogP contribution is -2.35. The first kappa shape index (κ1) is 20.4. The van der Waals surface area contributed by atoms with Crippen LogP contribution in [0.15, 0.2) is 18.2 Å². The summed E-state index contributed by atoms with van der Waals surface area (Å²) in [5.41, 5.74) is 0.655. The Bertz CT molecular complexity index is 657. The van der Waals surface area contributed by atoms with Crippen molar-refractivity contribution in [2.45, 2.75) is 39.7 Å². The maximum Gasteiger partial charge on any atom is 0.410 e. The number of nitrogens with one attached hydrogen (secondary N) is 1. The smallest absolute Gasteiger partial charge is 0.410 e. The van der Waals surface area contributed by atoms with Crippen LogP contribution in [-0.2, 0) is 9.47 Å². The molecule has 1 aliphatic rings. The average Bonchev–Trinajstić information content (AvgIpc) is 3.02. The first-order chi connectivity index (χ1) is 12.2. The molecule has 7 heteroatoms. The summed E-state index contributed by atoms with van der Waals surface area (Å²) in [7, 11) is 0. The van der Waals surface area contributed by atoms with Crippen molar-refractivity contribution in [3.8, 4) is 0 Å². The second kappa shape index (κ2) is 8.62. The van der Waals surface area contributed by atoms with Crippen molar-refractivity contribution in [2.24, 2.45) is 5.92 Å². The lowest BCUT2D eigenvalue weighted by atomic mass is 10.1. The fourth-order valence-electron chi connectivity index (χ4n) is 2.75. The van der Waals surface area contributed by atoms with Crippen molar-refractivity contribution >= 4 is 29.4 Å². The molecule has 6 nitrogen and oxygen atoms in total. The van der Waals surface area contributed by atoms with Crippen LogP contribution in [0, 0.1) is 5.92 Å². The third-order valence-corrected chi connectivity index (χ3v) is 4.33. The molecule has 1 aromatic rings. The van der Waals surface area contributed by atoms with Crippen LogP contribution in [0.4, 0.5) is 10.5 Å². The number of amides is 1. The maximum atomic E-state index is 12.1. The Hall–Kier alpha value is -1.95. The fourth-order valence-corrected chi connectivity index (χ4v) is 2.93. The number of nitrogens with zero attached hydrogens (tertiary/aromatic N) is 1. The van der Waals surface area contributed by atoms with Crippen LogP contribution >= 0.6 is 11.6 Å². The third kappa shape index (κ3) is 5.80. The molecule has 1 aromatic carbocycles. The number of likely N-dealkylation sites (tertiary alicyclic amines) is 1. The van der Waals surface area contributed by atoms with E-state index < -0.39 is 5.60 Å². The van der Waals surface area contributed by atoms with E-state index in [4.69, 9.17) is 21.1 Å². The molecule has 0 spiro atoms. The molecule has 1 saturated heterocycles. The quantitative estimate of drug-likeness (QED) is 0.773. The van der Waals surface area contributed by atoms with Gasteiger partial charge in [0, 0.05) is 19.6 Å². The standard InChI is InChI=1S/C19H27ClN2O4/c1-5-25-17(23)14-6-7-15(20)16(10-14)21-11-13-8-9-22(12-13)18(24)26-19(2,3)4/h6-7,10,13,21H,5,8-9,11-12H2,1-4H3/t13-/m0/s1. The Labute approximate surface area is 159 Å². The summed E-state index contributed by atoms with van der Waals surface area (Å²) in [5, 5.41) is 3.82. The van der Waals surface area contributed by atoms with Gasteiger partial charge < -0.3 is 19.7 Å². The lowest BCUT2D eigenvalue weighted by Gasteiger charge is -2.24. The highest BCUT2D eigenvalue weighted by molar-refractivity contribution is 6.33. The fraction of sp³-hybridized carbons (Fsp3) is 0.579. The minimum Gasteiger partial charge on any atom is -0.462 e. The number of hydrogen-bond donors (Lipinski definition) is 1. The number of halogens is 1. The summed E-state index contributed by atoms with van der Waals surface area (Å²) in [6.07, 6.45) is 0.615. The predicted molar refractivity (Wildman–Crippen MR) is 102 cm³/mol. The van der Waals surface area contributed by atoms with E-state index in [9.17, 15) is 9.59 Å². The summed E-state index contributed by atoms with van der Waals surface area (Å²) in [6.45, 7) is 9.65. The van der Waals surface area contributed by atoms with E-state index in [1.807, 2.05) is 20.8 Å². The summed E-state index contributed by atoms with van der Waals surface area (Å²) < 4.78 is 10.4. The highest BCUT2D eigenvalue weighted by Crippen LogP contribution is 2.25. The van der Waals surface area contributed by atoms with Crippen LogP contribution in [0.3, 0.4) is 0 Å². The van der Waals surface area contributed by atoms with E-state index >= 15 is 0 Å². The summed E-state index contributed by atoms with van der Waals surface area (Å²) in [5.74, 6) is -0.0750. The van der Waals surface area contributed by atoms with Crippen molar-refractivity contribution in [1.82, 2.24) is 4.90 Å². The van der Waals surface area contributed by atoms with Gasteiger partial charge in [-0.2, -0.15) is 0 Å². The SMILES string of the molecule is CCOC(=O)c1ccc(Cl)c(NC[C@@H]2CCN(C(=O)OC(C)(C)C)C2)c1. The van der Waals surface area contributed by atoms with Gasteiger partial charge in [0.1, 0.15) is 5.60 Å². The summed E-state index contributed by atoms with van der Waals surface area (Å²) >= 11 is 6.22. The van der Waals surface area contributed by atoms with Gasteiger partial charge in [0.05, 0.1) is 22.9 Å². The largest absolute Gasteiger partial charge is 0.462 e. The average molecular weight is 383 g/mol. The minimum absolute atomic E-state index is 0.276. The number of esters is 1. The molecule has 0 radical (unpaired) electrons. The lowest BCUT2D eigenvalue weighted by molar-refractivity contribution is 0.0288. The van der Waals surface area contributed by atoms with Crippen LogP contribution in [0.1, 0.15) is 44.5 Å². The van der Waals surface area contributed by atoms with Crippen LogP contribution in [0.5, 0.6) is 0 Å². The summed E-state index contributed by atoms with van der Waals surface area (Å²) in [6, 6.07) is 5.02. The molecule has 2 rings (SSSR count). The van der Waals surface area contributed by atoms with E-state index in [-0.39, 0.29) is 12.1 Å². The van der Waals surface area contributed by atoms with Gasteiger partial charge in [-0.15, -0.1) is 0 Å². The second-order valence-electron chi connectivity index (χ2n) is 7.38. The van der Waals surface area contributed by atoms with Crippen LogP contribution in [0.2, 0.25) is 5.02 Å². The molecule has 0 aliphatic carbocycles. The van der Waals surface area contributed by atoms with Gasteiger partial charge in [-0.25, -0.2) is 9.59 Å². The zero-order valence-corrected chi connectivity index (χ0v) is 16.6. The van der Waals surface area contributed by atoms with Gasteiger partial charge >= 0.3 is 12.1 Å². The van der Waals surface area contributed by atoms with Crippen molar-refractivity contribution in [1.29, 1.82) is 0 Å². The molecule has 0 bridgehead atoms. The van der Waals surface area contributed by atoms with Gasteiger partial charge in [0.2, 0.25) is 0 Å². The number of hydrogen-bond acceptors (Lipinski definition) is 5. The molecular weight excluding hydrogens is 356 g/mol. The van der Waals surface area contributed by atoms with Crippen LogP contribution in [0.25, 0.3) is 0 Å². The van der Waals surface area contributed by atoms with Crippen molar-refractivity contribution < 1.29 is 19.1 Å². The van der Waals surface area contributed by atoms with Crippen molar-refractivity contribution in [3.63, 3.8) is 0 Å². The first-order valence-corrected chi connectivity index (χ1v) is 9.26. The molecule has 0 unspecified atom stereocenters. The molecule has 1 heterocycles. The Morgan fingerprint density at radius 1 is 1.35 bits per heavy atom. The van der Waals surface area contributed by atoms with Crippen LogP contribution in [-0.4, -0.2) is 48.8 Å². The topological polar surface area (TPSA) is 67.9 Å². The number of carbonyl (C=O) groups excluding carboxylic acids is 2. The Balaban J connectivity index is 1.90. The molecule has 0 saturated carbocycles. The predicted octanol–water partition coefficient (Wildman–Crippen LogP) is 4.19. The molecule has 1 amide bonds. The van der Waals surface area contributed by atoms with Gasteiger partial charge in [-0.05, 0) is 58.2 Å². The second-order valence-corrected chi connectivity index (χ2v) is 7.78. The molecule has 1 aliphatic heterocycles. The number of carbonyl (C=O) groups is 2. The van der Waals surface area contributed by atoms with Gasteiger partial charge in [0.25, 0.3) is 0 Å². The van der Waals surface area contributed by atoms with Gasteiger partial charge in [-0.3, -0.25) is 0 Å². The van der Waals surface area contributed by atoms with Gasteiger partial charge in [0.15, 0.2) is 0 Å². The molecule has 1 atom stereocenters. The zero-order valence-electron chi connectivity index (χ0n) is 15.8. The maximum absolute atomic E-state index is 12.1. The number of benzene rings is 1. The molecule has 0 aromatic heterocycles. The Kier molecular flexibility index (Phi) is 6.75. The third-order valence-electron chi connectivity index (χ3n) is 4.00.